The largest absolute Gasteiger partial charge is 0.374 e. The maximum absolute atomic E-state index is 9.24. The summed E-state index contributed by atoms with van der Waals surface area (Å²) in [4.78, 5) is 0. The lowest BCUT2D eigenvalue weighted by molar-refractivity contribution is 0.175. The van der Waals surface area contributed by atoms with Crippen LogP contribution in [0.15, 0.2) is 24.8 Å². The first-order valence-electron chi connectivity index (χ1n) is 3.02. The van der Waals surface area contributed by atoms with Crippen LogP contribution in [0.4, 0.5) is 0 Å². The zero-order valence-corrected chi connectivity index (χ0v) is 6.44. The van der Waals surface area contributed by atoms with Crippen LogP contribution >= 0.6 is 0 Å². The fourth-order valence-corrected chi connectivity index (χ4v) is 0.284. The van der Waals surface area contributed by atoms with Gasteiger partial charge in [0.25, 0.3) is 0 Å². The number of allylic oxidation sites excluding steroid dienone is 1. The quantitative estimate of drug-likeness (QED) is 0.428. The molecule has 0 aromatic carbocycles. The van der Waals surface area contributed by atoms with Crippen LogP contribution in [0.25, 0.3) is 0 Å². The van der Waals surface area contributed by atoms with Gasteiger partial charge in [-0.3, -0.25) is 0 Å². The van der Waals surface area contributed by atoms with E-state index in [2.05, 4.69) is 25.0 Å². The highest BCUT2D eigenvalue weighted by Gasteiger charge is 2.08. The Labute approximate surface area is 62.1 Å². The lowest BCUT2D eigenvalue weighted by Crippen LogP contribution is -2.16. The second-order valence-corrected chi connectivity index (χ2v) is 2.38. The summed E-state index contributed by atoms with van der Waals surface area (Å²) < 4.78 is 0. The third-order valence-corrected chi connectivity index (χ3v) is 0.926. The third kappa shape index (κ3) is 3.94. The van der Waals surface area contributed by atoms with E-state index in [9.17, 15) is 5.11 Å². The first-order chi connectivity index (χ1) is 4.48. The minimum absolute atomic E-state index is 0.738. The Hall–Kier alpha value is -1.00. The van der Waals surface area contributed by atoms with Crippen LogP contribution in [-0.2, 0) is 0 Å². The van der Waals surface area contributed by atoms with Crippen molar-refractivity contribution in [1.82, 2.24) is 0 Å². The minimum atomic E-state index is -1.08. The molecule has 0 aliphatic carbocycles. The van der Waals surface area contributed by atoms with E-state index in [0.29, 0.717) is 0 Å². The van der Waals surface area contributed by atoms with E-state index in [-0.39, 0.29) is 0 Å². The van der Waals surface area contributed by atoms with Crippen molar-refractivity contribution < 1.29 is 5.11 Å². The first kappa shape index (κ1) is 9.00. The van der Waals surface area contributed by atoms with Crippen molar-refractivity contribution in [3.05, 3.63) is 24.8 Å². The molecular formula is C9H12O. The van der Waals surface area contributed by atoms with E-state index in [1.54, 1.807) is 13.8 Å². The van der Waals surface area contributed by atoms with Crippen LogP contribution in [-0.4, -0.2) is 10.7 Å². The fraction of sp³-hybridized carbons (Fsp3) is 0.333. The molecule has 0 aliphatic heterocycles. The minimum Gasteiger partial charge on any atom is -0.374 e. The molecule has 1 nitrogen and oxygen atoms in total. The number of hydrogen-bond acceptors (Lipinski definition) is 1. The Bertz CT molecular complexity index is 201. The molecule has 0 radical (unpaired) electrons. The summed E-state index contributed by atoms with van der Waals surface area (Å²) in [5.74, 6) is 5.27. The van der Waals surface area contributed by atoms with E-state index < -0.39 is 5.60 Å². The highest BCUT2D eigenvalue weighted by Crippen LogP contribution is 2.01. The van der Waals surface area contributed by atoms with Gasteiger partial charge in [0.15, 0.2) is 0 Å². The van der Waals surface area contributed by atoms with Crippen molar-refractivity contribution in [3.63, 3.8) is 0 Å². The van der Waals surface area contributed by atoms with Crippen molar-refractivity contribution in [3.8, 4) is 11.8 Å². The van der Waals surface area contributed by atoms with Gasteiger partial charge in [-0.15, -0.1) is 0 Å². The van der Waals surface area contributed by atoms with Gasteiger partial charge in [-0.1, -0.05) is 25.0 Å². The van der Waals surface area contributed by atoms with E-state index in [0.717, 1.165) is 5.57 Å². The predicted molar refractivity (Wildman–Crippen MR) is 43.4 cm³/mol. The van der Waals surface area contributed by atoms with Crippen LogP contribution in [0.1, 0.15) is 13.8 Å². The molecule has 0 aromatic rings. The molecule has 0 spiro atoms. The molecule has 0 aliphatic rings. The summed E-state index contributed by atoms with van der Waals surface area (Å²) in [6, 6.07) is 0. The molecule has 1 unspecified atom stereocenters. The smallest absolute Gasteiger partial charge is 0.141 e. The SMILES string of the molecule is C=CC(C)(O)C#CC(=C)C. The van der Waals surface area contributed by atoms with Crippen LogP contribution in [0.5, 0.6) is 0 Å². The summed E-state index contributed by atoms with van der Waals surface area (Å²) in [5, 5.41) is 9.24. The lowest BCUT2D eigenvalue weighted by atomic mass is 10.1. The first-order valence-corrected chi connectivity index (χ1v) is 3.02. The summed E-state index contributed by atoms with van der Waals surface area (Å²) in [5.41, 5.74) is -0.346. The van der Waals surface area contributed by atoms with Gasteiger partial charge in [0.05, 0.1) is 0 Å². The van der Waals surface area contributed by atoms with Crippen molar-refractivity contribution in [2.24, 2.45) is 0 Å². The molecule has 0 rings (SSSR count). The van der Waals surface area contributed by atoms with Crippen LogP contribution in [0.2, 0.25) is 0 Å². The molecule has 1 N–H and O–H groups in total. The summed E-state index contributed by atoms with van der Waals surface area (Å²) in [6.45, 7) is 10.4. The van der Waals surface area contributed by atoms with E-state index in [4.69, 9.17) is 0 Å². The molecule has 1 atom stereocenters. The Morgan fingerprint density at radius 3 is 2.50 bits per heavy atom. The summed E-state index contributed by atoms with van der Waals surface area (Å²) in [6.07, 6.45) is 1.39. The van der Waals surface area contributed by atoms with E-state index in [1.807, 2.05) is 0 Å². The summed E-state index contributed by atoms with van der Waals surface area (Å²) in [7, 11) is 0. The standard InChI is InChI=1S/C9H12O/c1-5-9(4,10)7-6-8(2)3/h5,10H,1-2H2,3-4H3. The van der Waals surface area contributed by atoms with Crippen molar-refractivity contribution >= 4 is 0 Å². The molecule has 0 fully saturated rings. The monoisotopic (exact) mass is 136 g/mol. The topological polar surface area (TPSA) is 20.2 Å². The fourth-order valence-electron chi connectivity index (χ4n) is 0.284. The normalized spacial score (nSPS) is 14.3. The number of aliphatic hydroxyl groups is 1. The molecule has 1 heteroatoms. The van der Waals surface area contributed by atoms with Crippen LogP contribution in [0, 0.1) is 11.8 Å². The molecule has 0 heterocycles. The second kappa shape index (κ2) is 3.24. The van der Waals surface area contributed by atoms with E-state index in [1.165, 1.54) is 6.08 Å². The third-order valence-electron chi connectivity index (χ3n) is 0.926. The molecule has 0 saturated carbocycles. The highest BCUT2D eigenvalue weighted by molar-refractivity contribution is 5.29. The second-order valence-electron chi connectivity index (χ2n) is 2.38. The maximum Gasteiger partial charge on any atom is 0.141 e. The number of rotatable bonds is 1. The average Bonchev–Trinajstić information content (AvgIpc) is 1.85. The molecular weight excluding hydrogens is 124 g/mol. The van der Waals surface area contributed by atoms with Crippen LogP contribution < -0.4 is 0 Å². The van der Waals surface area contributed by atoms with Gasteiger partial charge in [-0.25, -0.2) is 0 Å². The molecule has 54 valence electrons. The zero-order valence-electron chi connectivity index (χ0n) is 6.44. The highest BCUT2D eigenvalue weighted by atomic mass is 16.3. The van der Waals surface area contributed by atoms with Gasteiger partial charge in [0.1, 0.15) is 5.60 Å². The Balaban J connectivity index is 4.29. The van der Waals surface area contributed by atoms with Gasteiger partial charge >= 0.3 is 0 Å². The van der Waals surface area contributed by atoms with Gasteiger partial charge in [-0.05, 0) is 25.5 Å². The molecule has 0 aromatic heterocycles. The van der Waals surface area contributed by atoms with Gasteiger partial charge in [-0.2, -0.15) is 0 Å². The number of hydrogen-bond donors (Lipinski definition) is 1. The van der Waals surface area contributed by atoms with Gasteiger partial charge in [0.2, 0.25) is 0 Å². The Kier molecular flexibility index (Phi) is 2.92. The van der Waals surface area contributed by atoms with Crippen molar-refractivity contribution in [2.75, 3.05) is 0 Å². The molecule has 10 heavy (non-hydrogen) atoms. The van der Waals surface area contributed by atoms with E-state index >= 15 is 0 Å². The lowest BCUT2D eigenvalue weighted by Gasteiger charge is -2.07. The Morgan fingerprint density at radius 1 is 1.70 bits per heavy atom. The molecule has 0 bridgehead atoms. The average molecular weight is 136 g/mol. The van der Waals surface area contributed by atoms with Gasteiger partial charge in [0, 0.05) is 0 Å². The zero-order chi connectivity index (χ0) is 8.20. The van der Waals surface area contributed by atoms with Gasteiger partial charge < -0.3 is 5.11 Å². The summed E-state index contributed by atoms with van der Waals surface area (Å²) >= 11 is 0. The van der Waals surface area contributed by atoms with Crippen molar-refractivity contribution in [2.45, 2.75) is 19.4 Å². The van der Waals surface area contributed by atoms with Crippen LogP contribution in [0.3, 0.4) is 0 Å². The Morgan fingerprint density at radius 2 is 2.20 bits per heavy atom. The maximum atomic E-state index is 9.24. The molecule has 0 saturated heterocycles. The predicted octanol–water partition coefficient (Wildman–Crippen LogP) is 1.50. The molecule has 0 amide bonds. The van der Waals surface area contributed by atoms with Crippen molar-refractivity contribution in [1.29, 1.82) is 0 Å².